The molecule has 1 aromatic carbocycles. The molecule has 100 valence electrons. The second-order valence-corrected chi connectivity index (χ2v) is 4.16. The van der Waals surface area contributed by atoms with Gasteiger partial charge < -0.3 is 14.2 Å². The van der Waals surface area contributed by atoms with Crippen LogP contribution in [-0.2, 0) is 5.33 Å². The molecule has 0 spiro atoms. The summed E-state index contributed by atoms with van der Waals surface area (Å²) in [6.07, 6.45) is 3.39. The molecule has 0 aliphatic carbocycles. The van der Waals surface area contributed by atoms with Gasteiger partial charge >= 0.3 is 6.01 Å². The molecule has 0 fully saturated rings. The summed E-state index contributed by atoms with van der Waals surface area (Å²) in [7, 11) is 3.13. The van der Waals surface area contributed by atoms with E-state index < -0.39 is 0 Å². The minimum Gasteiger partial charge on any atom is -0.493 e. The van der Waals surface area contributed by atoms with E-state index in [1.54, 1.807) is 38.7 Å². The lowest BCUT2D eigenvalue weighted by Crippen LogP contribution is -1.97. The van der Waals surface area contributed by atoms with Gasteiger partial charge in [-0.2, -0.15) is 0 Å². The van der Waals surface area contributed by atoms with E-state index in [1.807, 2.05) is 6.07 Å². The van der Waals surface area contributed by atoms with Crippen molar-refractivity contribution in [3.8, 4) is 23.3 Å². The molecule has 0 radical (unpaired) electrons. The van der Waals surface area contributed by atoms with Gasteiger partial charge in [0.05, 0.1) is 14.2 Å². The maximum absolute atomic E-state index is 5.63. The molecule has 0 amide bonds. The second-order valence-electron chi connectivity index (χ2n) is 3.60. The van der Waals surface area contributed by atoms with E-state index in [9.17, 15) is 0 Å². The van der Waals surface area contributed by atoms with E-state index in [0.717, 1.165) is 5.56 Å². The van der Waals surface area contributed by atoms with Crippen molar-refractivity contribution in [3.63, 3.8) is 0 Å². The van der Waals surface area contributed by atoms with Gasteiger partial charge in [0.1, 0.15) is 0 Å². The number of para-hydroxylation sites is 1. The predicted molar refractivity (Wildman–Crippen MR) is 74.3 cm³/mol. The molecule has 0 unspecified atom stereocenters. The number of nitrogens with zero attached hydrogens (tertiary/aromatic N) is 2. The van der Waals surface area contributed by atoms with Crippen molar-refractivity contribution in [2.24, 2.45) is 0 Å². The smallest absolute Gasteiger partial charge is 0.322 e. The Morgan fingerprint density at radius 1 is 1.05 bits per heavy atom. The fourth-order valence-electron chi connectivity index (χ4n) is 1.47. The van der Waals surface area contributed by atoms with Crippen LogP contribution < -0.4 is 14.2 Å². The van der Waals surface area contributed by atoms with Crippen LogP contribution in [0.1, 0.15) is 5.56 Å². The lowest BCUT2D eigenvalue weighted by atomic mass is 10.3. The Hall–Kier alpha value is -1.82. The van der Waals surface area contributed by atoms with Crippen LogP contribution in [-0.4, -0.2) is 24.2 Å². The summed E-state index contributed by atoms with van der Waals surface area (Å²) in [6.45, 7) is 0. The Morgan fingerprint density at radius 3 is 2.11 bits per heavy atom. The third kappa shape index (κ3) is 3.14. The molecule has 0 bridgehead atoms. The van der Waals surface area contributed by atoms with E-state index in [4.69, 9.17) is 14.2 Å². The summed E-state index contributed by atoms with van der Waals surface area (Å²) < 4.78 is 16.1. The van der Waals surface area contributed by atoms with Crippen LogP contribution in [0.25, 0.3) is 0 Å². The fraction of sp³-hybridized carbons (Fsp3) is 0.231. The Kier molecular flexibility index (Phi) is 4.57. The monoisotopic (exact) mass is 324 g/mol. The molecule has 2 rings (SSSR count). The first kappa shape index (κ1) is 13.6. The topological polar surface area (TPSA) is 53.5 Å². The van der Waals surface area contributed by atoms with Crippen molar-refractivity contribution in [2.75, 3.05) is 14.2 Å². The van der Waals surface area contributed by atoms with E-state index in [2.05, 4.69) is 25.9 Å². The summed E-state index contributed by atoms with van der Waals surface area (Å²) in [5, 5.41) is 0.700. The number of methoxy groups -OCH3 is 2. The van der Waals surface area contributed by atoms with Crippen molar-refractivity contribution >= 4 is 15.9 Å². The van der Waals surface area contributed by atoms with Crippen LogP contribution in [0, 0.1) is 0 Å². The summed E-state index contributed by atoms with van der Waals surface area (Å²) >= 11 is 3.33. The fourth-order valence-corrected chi connectivity index (χ4v) is 1.76. The van der Waals surface area contributed by atoms with E-state index in [0.29, 0.717) is 22.6 Å². The van der Waals surface area contributed by atoms with Crippen LogP contribution in [0.5, 0.6) is 23.3 Å². The SMILES string of the molecule is COc1cccc(OC)c1Oc1ncc(CBr)cn1. The van der Waals surface area contributed by atoms with Gasteiger partial charge in [0.25, 0.3) is 0 Å². The lowest BCUT2D eigenvalue weighted by Gasteiger charge is -2.12. The molecule has 5 nitrogen and oxygen atoms in total. The van der Waals surface area contributed by atoms with Crippen molar-refractivity contribution < 1.29 is 14.2 Å². The number of alkyl halides is 1. The standard InChI is InChI=1S/C13H13BrN2O3/c1-17-10-4-3-5-11(18-2)12(10)19-13-15-7-9(6-14)8-16-13/h3-5,7-8H,6H2,1-2H3. The van der Waals surface area contributed by atoms with Gasteiger partial charge in [-0.15, -0.1) is 0 Å². The summed E-state index contributed by atoms with van der Waals surface area (Å²) in [5.74, 6) is 1.58. The predicted octanol–water partition coefficient (Wildman–Crippen LogP) is 3.18. The van der Waals surface area contributed by atoms with Gasteiger partial charge in [-0.05, 0) is 17.7 Å². The van der Waals surface area contributed by atoms with E-state index >= 15 is 0 Å². The lowest BCUT2D eigenvalue weighted by molar-refractivity contribution is 0.336. The zero-order chi connectivity index (χ0) is 13.7. The highest BCUT2D eigenvalue weighted by Gasteiger charge is 2.13. The van der Waals surface area contributed by atoms with E-state index in [1.165, 1.54) is 0 Å². The first-order valence-corrected chi connectivity index (χ1v) is 6.66. The maximum atomic E-state index is 5.63. The molecular weight excluding hydrogens is 312 g/mol. The van der Waals surface area contributed by atoms with Gasteiger partial charge in [-0.1, -0.05) is 22.0 Å². The number of benzene rings is 1. The molecule has 6 heteroatoms. The first-order chi connectivity index (χ1) is 9.28. The number of aromatic nitrogens is 2. The van der Waals surface area contributed by atoms with Crippen molar-refractivity contribution in [1.82, 2.24) is 9.97 Å². The Labute approximate surface area is 119 Å². The number of hydrogen-bond acceptors (Lipinski definition) is 5. The quantitative estimate of drug-likeness (QED) is 0.790. The number of rotatable bonds is 5. The molecule has 0 saturated heterocycles. The molecule has 0 aliphatic rings. The number of halogens is 1. The third-order valence-corrected chi connectivity index (χ3v) is 3.06. The average molecular weight is 325 g/mol. The van der Waals surface area contributed by atoms with Gasteiger partial charge in [0.2, 0.25) is 5.75 Å². The summed E-state index contributed by atoms with van der Waals surface area (Å²) in [5.41, 5.74) is 0.972. The maximum Gasteiger partial charge on any atom is 0.322 e. The minimum atomic E-state index is 0.243. The number of hydrogen-bond donors (Lipinski definition) is 0. The Bertz CT molecular complexity index is 524. The zero-order valence-electron chi connectivity index (χ0n) is 10.6. The molecule has 0 saturated carbocycles. The van der Waals surface area contributed by atoms with Crippen molar-refractivity contribution in [3.05, 3.63) is 36.2 Å². The van der Waals surface area contributed by atoms with Crippen molar-refractivity contribution in [2.45, 2.75) is 5.33 Å². The summed E-state index contributed by atoms with van der Waals surface area (Å²) in [4.78, 5) is 8.24. The number of ether oxygens (including phenoxy) is 3. The van der Waals surface area contributed by atoms with Crippen LogP contribution in [0.15, 0.2) is 30.6 Å². The molecule has 0 N–H and O–H groups in total. The molecular formula is C13H13BrN2O3. The highest BCUT2D eigenvalue weighted by atomic mass is 79.9. The van der Waals surface area contributed by atoms with Gasteiger partial charge in [0.15, 0.2) is 11.5 Å². The highest BCUT2D eigenvalue weighted by Crippen LogP contribution is 2.38. The largest absolute Gasteiger partial charge is 0.493 e. The normalized spacial score (nSPS) is 10.1. The average Bonchev–Trinajstić information content (AvgIpc) is 2.48. The van der Waals surface area contributed by atoms with Crippen LogP contribution in [0.2, 0.25) is 0 Å². The van der Waals surface area contributed by atoms with Gasteiger partial charge in [-0.25, -0.2) is 9.97 Å². The molecule has 2 aromatic rings. The van der Waals surface area contributed by atoms with Crippen molar-refractivity contribution in [1.29, 1.82) is 0 Å². The van der Waals surface area contributed by atoms with Gasteiger partial charge in [-0.3, -0.25) is 0 Å². The molecule has 1 heterocycles. The third-order valence-electron chi connectivity index (χ3n) is 2.41. The van der Waals surface area contributed by atoms with Crippen LogP contribution >= 0.6 is 15.9 Å². The Morgan fingerprint density at radius 2 is 1.63 bits per heavy atom. The van der Waals surface area contributed by atoms with E-state index in [-0.39, 0.29) is 6.01 Å². The Balaban J connectivity index is 2.30. The molecule has 0 atom stereocenters. The second kappa shape index (κ2) is 6.38. The van der Waals surface area contributed by atoms with Crippen LogP contribution in [0.4, 0.5) is 0 Å². The minimum absolute atomic E-state index is 0.243. The molecule has 19 heavy (non-hydrogen) atoms. The highest BCUT2D eigenvalue weighted by molar-refractivity contribution is 9.08. The summed E-state index contributed by atoms with van der Waals surface area (Å²) in [6, 6.07) is 5.63. The molecule has 0 aliphatic heterocycles. The van der Waals surface area contributed by atoms with Gasteiger partial charge in [0, 0.05) is 17.7 Å². The molecule has 1 aromatic heterocycles. The first-order valence-electron chi connectivity index (χ1n) is 5.54. The zero-order valence-corrected chi connectivity index (χ0v) is 12.2. The van der Waals surface area contributed by atoms with Crippen LogP contribution in [0.3, 0.4) is 0 Å².